The highest BCUT2D eigenvalue weighted by molar-refractivity contribution is 5.50. The molecular formula is C14H17FN2. The van der Waals surface area contributed by atoms with E-state index in [9.17, 15) is 4.39 Å². The summed E-state index contributed by atoms with van der Waals surface area (Å²) in [5.41, 5.74) is 1.33. The van der Waals surface area contributed by atoms with Crippen LogP contribution in [0.25, 0.3) is 0 Å². The summed E-state index contributed by atoms with van der Waals surface area (Å²) >= 11 is 0. The first-order chi connectivity index (χ1) is 8.00. The number of hydrogen-bond donors (Lipinski definition) is 1. The summed E-state index contributed by atoms with van der Waals surface area (Å²) < 4.78 is 13.2. The van der Waals surface area contributed by atoms with Gasteiger partial charge in [-0.2, -0.15) is 5.26 Å². The molecule has 0 aromatic heterocycles. The molecule has 0 radical (unpaired) electrons. The predicted octanol–water partition coefficient (Wildman–Crippen LogP) is 3.69. The van der Waals surface area contributed by atoms with E-state index in [1.165, 1.54) is 12.5 Å². The smallest absolute Gasteiger partial charge is 0.141 e. The molecule has 17 heavy (non-hydrogen) atoms. The van der Waals surface area contributed by atoms with Crippen molar-refractivity contribution >= 4 is 5.69 Å². The average molecular weight is 232 g/mol. The van der Waals surface area contributed by atoms with Crippen molar-refractivity contribution in [1.29, 1.82) is 5.26 Å². The van der Waals surface area contributed by atoms with Crippen molar-refractivity contribution in [3.8, 4) is 6.07 Å². The van der Waals surface area contributed by atoms with Crippen LogP contribution in [0.4, 0.5) is 10.1 Å². The van der Waals surface area contributed by atoms with Crippen LogP contribution in [-0.2, 0) is 0 Å². The Morgan fingerprint density at radius 1 is 1.47 bits per heavy atom. The largest absolute Gasteiger partial charge is 0.382 e. The highest BCUT2D eigenvalue weighted by Crippen LogP contribution is 2.38. The number of halogens is 1. The van der Waals surface area contributed by atoms with E-state index in [4.69, 9.17) is 5.26 Å². The fraction of sp³-hybridized carbons (Fsp3) is 0.500. The molecule has 3 heteroatoms. The molecule has 1 aromatic rings. The summed E-state index contributed by atoms with van der Waals surface area (Å²) in [5, 5.41) is 12.1. The maximum absolute atomic E-state index is 13.2. The molecule has 2 rings (SSSR count). The number of rotatable bonds is 2. The lowest BCUT2D eigenvalue weighted by atomic mass is 9.92. The summed E-state index contributed by atoms with van der Waals surface area (Å²) in [6.45, 7) is 4.53. The molecule has 1 aliphatic rings. The van der Waals surface area contributed by atoms with Gasteiger partial charge in [0, 0.05) is 11.7 Å². The van der Waals surface area contributed by atoms with E-state index >= 15 is 0 Å². The van der Waals surface area contributed by atoms with Crippen LogP contribution < -0.4 is 5.32 Å². The lowest BCUT2D eigenvalue weighted by molar-refractivity contribution is 0.378. The first kappa shape index (κ1) is 11.9. The third-order valence-electron chi connectivity index (χ3n) is 3.43. The number of nitrogens with zero attached hydrogens (tertiary/aromatic N) is 1. The van der Waals surface area contributed by atoms with Crippen molar-refractivity contribution < 1.29 is 4.39 Å². The van der Waals surface area contributed by atoms with Crippen LogP contribution in [0, 0.1) is 22.6 Å². The number of anilines is 1. The first-order valence-corrected chi connectivity index (χ1v) is 5.96. The van der Waals surface area contributed by atoms with Crippen molar-refractivity contribution in [2.45, 2.75) is 39.2 Å². The van der Waals surface area contributed by atoms with Crippen LogP contribution in [-0.4, -0.2) is 6.04 Å². The summed E-state index contributed by atoms with van der Waals surface area (Å²) in [6, 6.07) is 6.92. The van der Waals surface area contributed by atoms with Gasteiger partial charge in [-0.15, -0.1) is 0 Å². The fourth-order valence-electron chi connectivity index (χ4n) is 2.50. The number of benzene rings is 1. The molecule has 1 N–H and O–H groups in total. The molecule has 1 fully saturated rings. The second kappa shape index (κ2) is 4.37. The van der Waals surface area contributed by atoms with Gasteiger partial charge in [-0.05, 0) is 42.9 Å². The van der Waals surface area contributed by atoms with Crippen molar-refractivity contribution in [2.75, 3.05) is 5.32 Å². The average Bonchev–Trinajstić information content (AvgIpc) is 2.61. The van der Waals surface area contributed by atoms with E-state index in [0.29, 0.717) is 11.5 Å². The lowest BCUT2D eigenvalue weighted by Gasteiger charge is -2.18. The maximum atomic E-state index is 13.2. The molecule has 1 aromatic carbocycles. The van der Waals surface area contributed by atoms with Crippen molar-refractivity contribution in [3.63, 3.8) is 0 Å². The van der Waals surface area contributed by atoms with E-state index in [-0.39, 0.29) is 5.56 Å². The molecule has 1 saturated carbocycles. The second-order valence-electron chi connectivity index (χ2n) is 5.55. The number of hydrogen-bond acceptors (Lipinski definition) is 2. The minimum atomic E-state index is -0.454. The monoisotopic (exact) mass is 232 g/mol. The van der Waals surface area contributed by atoms with Gasteiger partial charge in [-0.3, -0.25) is 0 Å². The zero-order chi connectivity index (χ0) is 12.5. The zero-order valence-corrected chi connectivity index (χ0v) is 10.3. The Balaban J connectivity index is 2.08. The van der Waals surface area contributed by atoms with E-state index in [0.717, 1.165) is 18.5 Å². The van der Waals surface area contributed by atoms with Gasteiger partial charge < -0.3 is 5.32 Å². The second-order valence-corrected chi connectivity index (χ2v) is 5.55. The highest BCUT2D eigenvalue weighted by atomic mass is 19.1. The van der Waals surface area contributed by atoms with E-state index < -0.39 is 5.82 Å². The summed E-state index contributed by atoms with van der Waals surface area (Å²) in [5.74, 6) is -0.454. The molecule has 2 nitrogen and oxygen atoms in total. The molecule has 0 aliphatic heterocycles. The van der Waals surface area contributed by atoms with Gasteiger partial charge >= 0.3 is 0 Å². The zero-order valence-electron chi connectivity index (χ0n) is 10.3. The van der Waals surface area contributed by atoms with Crippen molar-refractivity contribution in [1.82, 2.24) is 0 Å². The molecule has 0 saturated heterocycles. The van der Waals surface area contributed by atoms with E-state index in [2.05, 4.69) is 19.2 Å². The van der Waals surface area contributed by atoms with Gasteiger partial charge in [-0.25, -0.2) is 4.39 Å². The highest BCUT2D eigenvalue weighted by Gasteiger charge is 2.30. The topological polar surface area (TPSA) is 35.8 Å². The Kier molecular flexibility index (Phi) is 3.06. The van der Waals surface area contributed by atoms with Crippen LogP contribution in [0.15, 0.2) is 18.2 Å². The molecule has 90 valence electrons. The Labute approximate surface area is 101 Å². The quantitative estimate of drug-likeness (QED) is 0.844. The SMILES string of the molecule is CC1(C)CCC(Nc2ccc(F)c(C#N)c2)C1. The van der Waals surface area contributed by atoms with E-state index in [1.807, 2.05) is 6.07 Å². The van der Waals surface area contributed by atoms with Crippen molar-refractivity contribution in [3.05, 3.63) is 29.6 Å². The van der Waals surface area contributed by atoms with E-state index in [1.54, 1.807) is 12.1 Å². The van der Waals surface area contributed by atoms with Crippen molar-refractivity contribution in [2.24, 2.45) is 5.41 Å². The van der Waals surface area contributed by atoms with Gasteiger partial charge in [0.1, 0.15) is 11.9 Å². The predicted molar refractivity (Wildman–Crippen MR) is 66.2 cm³/mol. The number of nitriles is 1. The van der Waals surface area contributed by atoms with Crippen LogP contribution in [0.5, 0.6) is 0 Å². The van der Waals surface area contributed by atoms with Crippen LogP contribution in [0.2, 0.25) is 0 Å². The normalized spacial score (nSPS) is 22.1. The molecule has 0 bridgehead atoms. The minimum absolute atomic E-state index is 0.104. The summed E-state index contributed by atoms with van der Waals surface area (Å²) in [7, 11) is 0. The molecule has 0 amide bonds. The molecule has 1 aliphatic carbocycles. The van der Waals surface area contributed by atoms with Crippen LogP contribution in [0.1, 0.15) is 38.7 Å². The third-order valence-corrected chi connectivity index (χ3v) is 3.43. The van der Waals surface area contributed by atoms with Gasteiger partial charge in [0.2, 0.25) is 0 Å². The van der Waals surface area contributed by atoms with Crippen LogP contribution >= 0.6 is 0 Å². The fourth-order valence-corrected chi connectivity index (χ4v) is 2.50. The minimum Gasteiger partial charge on any atom is -0.382 e. The third kappa shape index (κ3) is 2.76. The Morgan fingerprint density at radius 2 is 2.24 bits per heavy atom. The summed E-state index contributed by atoms with van der Waals surface area (Å²) in [4.78, 5) is 0. The van der Waals surface area contributed by atoms with Gasteiger partial charge in [0.05, 0.1) is 5.56 Å². The molecule has 0 heterocycles. The molecule has 1 unspecified atom stereocenters. The summed E-state index contributed by atoms with van der Waals surface area (Å²) in [6.07, 6.45) is 3.45. The molecular weight excluding hydrogens is 215 g/mol. The molecule has 1 atom stereocenters. The van der Waals surface area contributed by atoms with Gasteiger partial charge in [-0.1, -0.05) is 13.8 Å². The molecule has 0 spiro atoms. The maximum Gasteiger partial charge on any atom is 0.141 e. The Morgan fingerprint density at radius 3 is 2.82 bits per heavy atom. The van der Waals surface area contributed by atoms with Crippen LogP contribution in [0.3, 0.4) is 0 Å². The van der Waals surface area contributed by atoms with Gasteiger partial charge in [0.15, 0.2) is 0 Å². The lowest BCUT2D eigenvalue weighted by Crippen LogP contribution is -2.17. The number of nitrogens with one attached hydrogen (secondary N) is 1. The standard InChI is InChI=1S/C14H17FN2/c1-14(2)6-5-12(8-14)17-11-3-4-13(15)10(7-11)9-16/h3-4,7,12,17H,5-6,8H2,1-2H3. The Bertz CT molecular complexity index is 460. The van der Waals surface area contributed by atoms with Gasteiger partial charge in [0.25, 0.3) is 0 Å². The Hall–Kier alpha value is -1.56. The first-order valence-electron chi connectivity index (χ1n) is 5.96.